The van der Waals surface area contributed by atoms with Crippen LogP contribution in [0.5, 0.6) is 0 Å². The molecule has 0 atom stereocenters. The predicted octanol–water partition coefficient (Wildman–Crippen LogP) is 3.71. The molecule has 0 aromatic carbocycles. The Kier molecular flexibility index (Phi) is 3.88. The zero-order valence-corrected chi connectivity index (χ0v) is 11.0. The molecule has 1 nitrogen and oxygen atoms in total. The summed E-state index contributed by atoms with van der Waals surface area (Å²) in [7, 11) is 0. The van der Waals surface area contributed by atoms with Crippen LogP contribution < -0.4 is 0 Å². The Morgan fingerprint density at radius 3 is 2.79 bits per heavy atom. The van der Waals surface area contributed by atoms with Crippen LogP contribution in [0.2, 0.25) is 0 Å². The Bertz CT molecular complexity index is 294. The molecule has 0 spiro atoms. The molecule has 1 aromatic rings. The first kappa shape index (κ1) is 10.9. The van der Waals surface area contributed by atoms with Crippen molar-refractivity contribution in [2.24, 2.45) is 0 Å². The second-order valence-corrected chi connectivity index (χ2v) is 6.21. The smallest absolute Gasteiger partial charge is 0.0360 e. The van der Waals surface area contributed by atoms with Gasteiger partial charge in [-0.3, -0.25) is 4.90 Å². The number of nitrogens with zero attached hydrogens (tertiary/aromatic N) is 1. The van der Waals surface area contributed by atoms with Gasteiger partial charge in [-0.25, -0.2) is 0 Å². The number of alkyl halides is 1. The van der Waals surface area contributed by atoms with Gasteiger partial charge in [0.15, 0.2) is 0 Å². The van der Waals surface area contributed by atoms with Crippen molar-refractivity contribution < 1.29 is 0 Å². The number of hydrogen-bond donors (Lipinski definition) is 0. The van der Waals surface area contributed by atoms with Crippen molar-refractivity contribution in [3.63, 3.8) is 0 Å². The quantitative estimate of drug-likeness (QED) is 0.752. The van der Waals surface area contributed by atoms with E-state index in [1.807, 2.05) is 11.3 Å². The molecule has 0 unspecified atom stereocenters. The molecule has 0 aliphatic carbocycles. The van der Waals surface area contributed by atoms with Crippen molar-refractivity contribution in [1.82, 2.24) is 4.90 Å². The van der Waals surface area contributed by atoms with Gasteiger partial charge in [-0.15, -0.1) is 22.9 Å². The van der Waals surface area contributed by atoms with Gasteiger partial charge in [-0.2, -0.15) is 0 Å². The molecule has 1 aromatic heterocycles. The molecular formula is C10H13BrClNS. The molecule has 0 bridgehead atoms. The summed E-state index contributed by atoms with van der Waals surface area (Å²) in [4.78, 5) is 3.92. The molecule has 1 saturated heterocycles. The lowest BCUT2D eigenvalue weighted by Gasteiger charge is -2.28. The molecule has 4 heteroatoms. The molecular weight excluding hydrogens is 282 g/mol. The van der Waals surface area contributed by atoms with E-state index < -0.39 is 0 Å². The van der Waals surface area contributed by atoms with Crippen LogP contribution in [0.15, 0.2) is 15.9 Å². The normalized spacial score (nSPS) is 20.1. The molecule has 2 heterocycles. The number of hydrogen-bond acceptors (Lipinski definition) is 2. The fourth-order valence-corrected chi connectivity index (χ4v) is 3.40. The van der Waals surface area contributed by atoms with Gasteiger partial charge in [-0.1, -0.05) is 0 Å². The van der Waals surface area contributed by atoms with Crippen LogP contribution in [0, 0.1) is 0 Å². The van der Waals surface area contributed by atoms with Crippen molar-refractivity contribution in [3.8, 4) is 0 Å². The second kappa shape index (κ2) is 4.97. The summed E-state index contributed by atoms with van der Waals surface area (Å²) in [6.07, 6.45) is 2.27. The van der Waals surface area contributed by atoms with Crippen molar-refractivity contribution in [2.45, 2.75) is 24.8 Å². The van der Waals surface area contributed by atoms with Crippen molar-refractivity contribution in [3.05, 3.63) is 20.8 Å². The van der Waals surface area contributed by atoms with Gasteiger partial charge in [0.1, 0.15) is 0 Å². The van der Waals surface area contributed by atoms with Gasteiger partial charge in [-0.05, 0) is 47.9 Å². The standard InChI is InChI=1S/C10H13BrClNS/c11-8-5-10(14-7-8)6-13-3-1-9(12)2-4-13/h5,7,9H,1-4,6H2. The Labute approximate surface area is 102 Å². The fourth-order valence-electron chi connectivity index (χ4n) is 1.72. The van der Waals surface area contributed by atoms with E-state index in [2.05, 4.69) is 32.3 Å². The van der Waals surface area contributed by atoms with Crippen LogP contribution in [0.25, 0.3) is 0 Å². The summed E-state index contributed by atoms with van der Waals surface area (Å²) in [6.45, 7) is 3.37. The summed E-state index contributed by atoms with van der Waals surface area (Å²) in [5, 5.41) is 2.55. The molecule has 0 amide bonds. The van der Waals surface area contributed by atoms with Crippen LogP contribution in [0.1, 0.15) is 17.7 Å². The maximum Gasteiger partial charge on any atom is 0.0360 e. The SMILES string of the molecule is ClC1CCN(Cc2cc(Br)cs2)CC1. The maximum absolute atomic E-state index is 6.06. The van der Waals surface area contributed by atoms with Crippen molar-refractivity contribution >= 4 is 38.9 Å². The minimum atomic E-state index is 0.404. The van der Waals surface area contributed by atoms with E-state index in [9.17, 15) is 0 Å². The van der Waals surface area contributed by atoms with Crippen molar-refractivity contribution in [2.75, 3.05) is 13.1 Å². The van der Waals surface area contributed by atoms with Gasteiger partial charge in [0.05, 0.1) is 0 Å². The Hall–Kier alpha value is 0.430. The lowest BCUT2D eigenvalue weighted by atomic mass is 10.1. The number of thiophene rings is 1. The average Bonchev–Trinajstić information content (AvgIpc) is 2.56. The van der Waals surface area contributed by atoms with E-state index in [1.165, 1.54) is 9.35 Å². The van der Waals surface area contributed by atoms with Crippen LogP contribution >= 0.6 is 38.9 Å². The lowest BCUT2D eigenvalue weighted by Crippen LogP contribution is -2.33. The molecule has 0 saturated carbocycles. The molecule has 14 heavy (non-hydrogen) atoms. The summed E-state index contributed by atoms with van der Waals surface area (Å²) < 4.78 is 1.20. The minimum absolute atomic E-state index is 0.404. The molecule has 2 rings (SSSR count). The monoisotopic (exact) mass is 293 g/mol. The van der Waals surface area contributed by atoms with E-state index in [4.69, 9.17) is 11.6 Å². The Morgan fingerprint density at radius 1 is 1.50 bits per heavy atom. The molecule has 0 N–H and O–H groups in total. The summed E-state index contributed by atoms with van der Waals surface area (Å²) in [5.41, 5.74) is 0. The third kappa shape index (κ3) is 2.96. The highest BCUT2D eigenvalue weighted by atomic mass is 79.9. The highest BCUT2D eigenvalue weighted by Gasteiger charge is 2.17. The first-order chi connectivity index (χ1) is 6.74. The average molecular weight is 295 g/mol. The molecule has 1 aliphatic heterocycles. The fraction of sp³-hybridized carbons (Fsp3) is 0.600. The number of piperidine rings is 1. The zero-order chi connectivity index (χ0) is 9.97. The lowest BCUT2D eigenvalue weighted by molar-refractivity contribution is 0.225. The maximum atomic E-state index is 6.06. The van der Waals surface area contributed by atoms with E-state index in [1.54, 1.807) is 0 Å². The second-order valence-electron chi connectivity index (χ2n) is 3.68. The van der Waals surface area contributed by atoms with Crippen LogP contribution in [-0.2, 0) is 6.54 Å². The molecule has 0 radical (unpaired) electrons. The van der Waals surface area contributed by atoms with E-state index in [-0.39, 0.29) is 0 Å². The molecule has 78 valence electrons. The summed E-state index contributed by atoms with van der Waals surface area (Å²) in [5.74, 6) is 0. The Morgan fingerprint density at radius 2 is 2.21 bits per heavy atom. The predicted molar refractivity (Wildman–Crippen MR) is 66.2 cm³/mol. The third-order valence-corrected chi connectivity index (χ3v) is 4.64. The molecule has 1 aliphatic rings. The van der Waals surface area contributed by atoms with Gasteiger partial charge >= 0.3 is 0 Å². The molecule has 1 fully saturated rings. The number of likely N-dealkylation sites (tertiary alicyclic amines) is 1. The van der Waals surface area contributed by atoms with Crippen LogP contribution in [0.4, 0.5) is 0 Å². The summed E-state index contributed by atoms with van der Waals surface area (Å²) in [6, 6.07) is 2.21. The van der Waals surface area contributed by atoms with E-state index in [0.29, 0.717) is 5.38 Å². The van der Waals surface area contributed by atoms with Crippen LogP contribution in [0.3, 0.4) is 0 Å². The van der Waals surface area contributed by atoms with E-state index >= 15 is 0 Å². The topological polar surface area (TPSA) is 3.24 Å². The highest BCUT2D eigenvalue weighted by molar-refractivity contribution is 9.10. The van der Waals surface area contributed by atoms with Gasteiger partial charge in [0, 0.05) is 26.7 Å². The summed E-state index contributed by atoms with van der Waals surface area (Å²) >= 11 is 11.4. The first-order valence-electron chi connectivity index (χ1n) is 4.83. The van der Waals surface area contributed by atoms with E-state index in [0.717, 1.165) is 32.5 Å². The van der Waals surface area contributed by atoms with Crippen LogP contribution in [-0.4, -0.2) is 23.4 Å². The van der Waals surface area contributed by atoms with Gasteiger partial charge < -0.3 is 0 Å². The minimum Gasteiger partial charge on any atom is -0.298 e. The van der Waals surface area contributed by atoms with Crippen molar-refractivity contribution in [1.29, 1.82) is 0 Å². The highest BCUT2D eigenvalue weighted by Crippen LogP contribution is 2.23. The third-order valence-electron chi connectivity index (χ3n) is 2.52. The number of halogens is 2. The van der Waals surface area contributed by atoms with Gasteiger partial charge in [0.2, 0.25) is 0 Å². The number of rotatable bonds is 2. The Balaban J connectivity index is 1.86. The zero-order valence-electron chi connectivity index (χ0n) is 7.88. The largest absolute Gasteiger partial charge is 0.298 e. The van der Waals surface area contributed by atoms with Gasteiger partial charge in [0.25, 0.3) is 0 Å². The first-order valence-corrected chi connectivity index (χ1v) is 6.94.